The molecule has 0 N–H and O–H groups in total. The Hall–Kier alpha value is -2.29. The minimum Gasteiger partial charge on any atom is -0.462 e. The highest BCUT2D eigenvalue weighted by Gasteiger charge is 2.22. The SMILES string of the molecule is CCCCOC(=O)c1cccc2c1Cc1ccccc1O2. The lowest BCUT2D eigenvalue weighted by Crippen LogP contribution is -2.13. The van der Waals surface area contributed by atoms with Crippen molar-refractivity contribution in [2.45, 2.75) is 26.2 Å². The van der Waals surface area contributed by atoms with Crippen molar-refractivity contribution in [3.8, 4) is 11.5 Å². The zero-order valence-corrected chi connectivity index (χ0v) is 12.1. The summed E-state index contributed by atoms with van der Waals surface area (Å²) < 4.78 is 11.2. The summed E-state index contributed by atoms with van der Waals surface area (Å²) >= 11 is 0. The summed E-state index contributed by atoms with van der Waals surface area (Å²) in [4.78, 5) is 12.2. The Balaban J connectivity index is 1.87. The number of para-hydroxylation sites is 1. The molecule has 0 aliphatic carbocycles. The molecule has 3 rings (SSSR count). The van der Waals surface area contributed by atoms with Gasteiger partial charge in [-0.2, -0.15) is 0 Å². The standard InChI is InChI=1S/C18H18O3/c1-2-3-11-20-18(19)14-8-6-10-17-15(14)12-13-7-4-5-9-16(13)21-17/h4-10H,2-3,11-12H2,1H3. The van der Waals surface area contributed by atoms with Crippen LogP contribution >= 0.6 is 0 Å². The summed E-state index contributed by atoms with van der Waals surface area (Å²) in [5.74, 6) is 1.35. The number of unbranched alkanes of at least 4 members (excludes halogenated alkanes) is 1. The van der Waals surface area contributed by atoms with Gasteiger partial charge in [0.25, 0.3) is 0 Å². The maximum atomic E-state index is 12.2. The van der Waals surface area contributed by atoms with Crippen molar-refractivity contribution < 1.29 is 14.3 Å². The molecule has 21 heavy (non-hydrogen) atoms. The van der Waals surface area contributed by atoms with Crippen molar-refractivity contribution in [1.82, 2.24) is 0 Å². The minimum absolute atomic E-state index is 0.261. The van der Waals surface area contributed by atoms with E-state index in [0.717, 1.165) is 35.5 Å². The van der Waals surface area contributed by atoms with Crippen molar-refractivity contribution >= 4 is 5.97 Å². The number of carbonyl (C=O) groups excluding carboxylic acids is 1. The number of benzene rings is 2. The normalized spacial score (nSPS) is 12.0. The molecule has 3 nitrogen and oxygen atoms in total. The first-order chi connectivity index (χ1) is 10.3. The van der Waals surface area contributed by atoms with Crippen LogP contribution in [0.2, 0.25) is 0 Å². The summed E-state index contributed by atoms with van der Waals surface area (Å²) in [7, 11) is 0. The van der Waals surface area contributed by atoms with Gasteiger partial charge in [-0.1, -0.05) is 37.6 Å². The minimum atomic E-state index is -0.261. The molecule has 0 amide bonds. The molecule has 0 bridgehead atoms. The van der Waals surface area contributed by atoms with E-state index in [9.17, 15) is 4.79 Å². The van der Waals surface area contributed by atoms with Gasteiger partial charge in [0.1, 0.15) is 11.5 Å². The quantitative estimate of drug-likeness (QED) is 0.527. The molecule has 0 radical (unpaired) electrons. The van der Waals surface area contributed by atoms with E-state index in [1.54, 1.807) is 0 Å². The number of ether oxygens (including phenoxy) is 2. The Labute approximate surface area is 124 Å². The molecule has 2 aromatic carbocycles. The number of fused-ring (bicyclic) bond motifs is 2. The van der Waals surface area contributed by atoms with Gasteiger partial charge in [-0.25, -0.2) is 4.79 Å². The molecule has 0 fully saturated rings. The molecule has 1 aliphatic rings. The lowest BCUT2D eigenvalue weighted by atomic mass is 9.96. The highest BCUT2D eigenvalue weighted by atomic mass is 16.5. The highest BCUT2D eigenvalue weighted by Crippen LogP contribution is 2.37. The molecule has 0 spiro atoms. The van der Waals surface area contributed by atoms with Crippen LogP contribution in [-0.4, -0.2) is 12.6 Å². The van der Waals surface area contributed by atoms with Crippen molar-refractivity contribution in [3.05, 3.63) is 59.2 Å². The number of rotatable bonds is 4. The molecule has 0 aromatic heterocycles. The molecule has 0 unspecified atom stereocenters. The van der Waals surface area contributed by atoms with E-state index in [1.807, 2.05) is 42.5 Å². The smallest absolute Gasteiger partial charge is 0.338 e. The van der Waals surface area contributed by atoms with Crippen molar-refractivity contribution in [2.75, 3.05) is 6.61 Å². The first-order valence-corrected chi connectivity index (χ1v) is 7.34. The van der Waals surface area contributed by atoms with Gasteiger partial charge in [0.15, 0.2) is 0 Å². The summed E-state index contributed by atoms with van der Waals surface area (Å²) in [6.45, 7) is 2.54. The van der Waals surface area contributed by atoms with Gasteiger partial charge in [0.2, 0.25) is 0 Å². The van der Waals surface area contributed by atoms with Gasteiger partial charge < -0.3 is 9.47 Å². The van der Waals surface area contributed by atoms with Crippen LogP contribution in [0, 0.1) is 0 Å². The van der Waals surface area contributed by atoms with E-state index in [0.29, 0.717) is 18.6 Å². The Morgan fingerprint density at radius 1 is 1.14 bits per heavy atom. The molecular weight excluding hydrogens is 264 g/mol. The largest absolute Gasteiger partial charge is 0.462 e. The number of carbonyl (C=O) groups is 1. The third-order valence-electron chi connectivity index (χ3n) is 3.64. The van der Waals surface area contributed by atoms with Crippen LogP contribution in [0.4, 0.5) is 0 Å². The second kappa shape index (κ2) is 6.00. The van der Waals surface area contributed by atoms with Gasteiger partial charge in [0, 0.05) is 12.0 Å². The van der Waals surface area contributed by atoms with Crippen LogP contribution in [0.1, 0.15) is 41.3 Å². The highest BCUT2D eigenvalue weighted by molar-refractivity contribution is 5.92. The summed E-state index contributed by atoms with van der Waals surface area (Å²) in [5, 5.41) is 0. The number of esters is 1. The molecule has 108 valence electrons. The third kappa shape index (κ3) is 2.77. The zero-order chi connectivity index (χ0) is 14.7. The number of hydrogen-bond acceptors (Lipinski definition) is 3. The third-order valence-corrected chi connectivity index (χ3v) is 3.64. The maximum absolute atomic E-state index is 12.2. The van der Waals surface area contributed by atoms with Crippen LogP contribution < -0.4 is 4.74 Å². The molecule has 2 aromatic rings. The van der Waals surface area contributed by atoms with Crippen molar-refractivity contribution in [2.24, 2.45) is 0 Å². The second-order valence-electron chi connectivity index (χ2n) is 5.16. The second-order valence-corrected chi connectivity index (χ2v) is 5.16. The van der Waals surface area contributed by atoms with Crippen LogP contribution in [0.5, 0.6) is 11.5 Å². The van der Waals surface area contributed by atoms with Gasteiger partial charge in [-0.15, -0.1) is 0 Å². The lowest BCUT2D eigenvalue weighted by molar-refractivity contribution is 0.0498. The van der Waals surface area contributed by atoms with Crippen LogP contribution in [-0.2, 0) is 11.2 Å². The first kappa shape index (κ1) is 13.7. The summed E-state index contributed by atoms with van der Waals surface area (Å²) in [6, 6.07) is 13.5. The van der Waals surface area contributed by atoms with Gasteiger partial charge in [-0.05, 0) is 30.2 Å². The van der Waals surface area contributed by atoms with E-state index in [1.165, 1.54) is 0 Å². The number of hydrogen-bond donors (Lipinski definition) is 0. The lowest BCUT2D eigenvalue weighted by Gasteiger charge is -2.21. The van der Waals surface area contributed by atoms with Crippen LogP contribution in [0.3, 0.4) is 0 Å². The topological polar surface area (TPSA) is 35.5 Å². The Morgan fingerprint density at radius 3 is 2.81 bits per heavy atom. The summed E-state index contributed by atoms with van der Waals surface area (Å²) in [6.07, 6.45) is 2.60. The predicted octanol–water partition coefficient (Wildman–Crippen LogP) is 4.34. The molecule has 0 atom stereocenters. The first-order valence-electron chi connectivity index (χ1n) is 7.34. The van der Waals surface area contributed by atoms with Crippen molar-refractivity contribution in [3.63, 3.8) is 0 Å². The zero-order valence-electron chi connectivity index (χ0n) is 12.1. The average Bonchev–Trinajstić information content (AvgIpc) is 2.52. The monoisotopic (exact) mass is 282 g/mol. The molecule has 1 heterocycles. The van der Waals surface area contributed by atoms with Gasteiger partial charge in [0.05, 0.1) is 12.2 Å². The van der Waals surface area contributed by atoms with Crippen LogP contribution in [0.25, 0.3) is 0 Å². The summed E-state index contributed by atoms with van der Waals surface area (Å²) in [5.41, 5.74) is 2.62. The Bertz CT molecular complexity index is 661. The fourth-order valence-corrected chi connectivity index (χ4v) is 2.48. The Kier molecular flexibility index (Phi) is 3.91. The van der Waals surface area contributed by atoms with E-state index in [-0.39, 0.29) is 5.97 Å². The Morgan fingerprint density at radius 2 is 1.95 bits per heavy atom. The van der Waals surface area contributed by atoms with Gasteiger partial charge in [-0.3, -0.25) is 0 Å². The molecule has 3 heteroatoms. The van der Waals surface area contributed by atoms with E-state index in [4.69, 9.17) is 9.47 Å². The predicted molar refractivity (Wildman–Crippen MR) is 81.0 cm³/mol. The molecule has 0 saturated carbocycles. The van der Waals surface area contributed by atoms with Crippen molar-refractivity contribution in [1.29, 1.82) is 0 Å². The van der Waals surface area contributed by atoms with E-state index < -0.39 is 0 Å². The molecular formula is C18H18O3. The molecule has 1 aliphatic heterocycles. The van der Waals surface area contributed by atoms with E-state index >= 15 is 0 Å². The fourth-order valence-electron chi connectivity index (χ4n) is 2.48. The average molecular weight is 282 g/mol. The molecule has 0 saturated heterocycles. The van der Waals surface area contributed by atoms with Crippen LogP contribution in [0.15, 0.2) is 42.5 Å². The maximum Gasteiger partial charge on any atom is 0.338 e. The van der Waals surface area contributed by atoms with E-state index in [2.05, 4.69) is 6.92 Å². The fraction of sp³-hybridized carbons (Fsp3) is 0.278. The van der Waals surface area contributed by atoms with Gasteiger partial charge >= 0.3 is 5.97 Å².